The normalized spacial score (nSPS) is 12.3. The van der Waals surface area contributed by atoms with E-state index in [2.05, 4.69) is 19.2 Å². The van der Waals surface area contributed by atoms with Crippen molar-refractivity contribution in [1.29, 1.82) is 0 Å². The number of hydrogen-bond acceptors (Lipinski definition) is 3. The van der Waals surface area contributed by atoms with Crippen molar-refractivity contribution in [2.75, 3.05) is 20.3 Å². The van der Waals surface area contributed by atoms with Crippen molar-refractivity contribution in [3.05, 3.63) is 29.8 Å². The molecule has 0 saturated heterocycles. The Hall–Kier alpha value is -1.55. The molecule has 0 aliphatic heterocycles. The number of methoxy groups -OCH3 is 1. The number of hydrogen-bond donors (Lipinski definition) is 1. The molecule has 0 aromatic heterocycles. The summed E-state index contributed by atoms with van der Waals surface area (Å²) in [6.07, 6.45) is 0. The molecule has 4 nitrogen and oxygen atoms in total. The van der Waals surface area contributed by atoms with Crippen molar-refractivity contribution in [3.8, 4) is 5.75 Å². The maximum atomic E-state index is 11.6. The Balaban J connectivity index is 2.37. The molecule has 1 N–H and O–H groups in total. The molecule has 0 radical (unpaired) electrons. The first-order valence-corrected chi connectivity index (χ1v) is 6.54. The van der Waals surface area contributed by atoms with Gasteiger partial charge in [0.15, 0.2) is 6.61 Å². The summed E-state index contributed by atoms with van der Waals surface area (Å²) in [7, 11) is 1.61. The Labute approximate surface area is 115 Å². The summed E-state index contributed by atoms with van der Waals surface area (Å²) in [4.78, 5) is 11.6. The van der Waals surface area contributed by atoms with Gasteiger partial charge in [-0.15, -0.1) is 0 Å². The molecule has 0 aliphatic rings. The molecular weight excluding hydrogens is 242 g/mol. The predicted molar refractivity (Wildman–Crippen MR) is 75.5 cm³/mol. The molecule has 106 valence electrons. The zero-order chi connectivity index (χ0) is 14.3. The molecule has 0 saturated carbocycles. The lowest BCUT2D eigenvalue weighted by molar-refractivity contribution is -0.124. The highest BCUT2D eigenvalue weighted by atomic mass is 16.5. The second-order valence-corrected chi connectivity index (χ2v) is 4.94. The van der Waals surface area contributed by atoms with Gasteiger partial charge in [-0.3, -0.25) is 4.79 Å². The van der Waals surface area contributed by atoms with Crippen molar-refractivity contribution in [3.63, 3.8) is 0 Å². The molecule has 4 heteroatoms. The average Bonchev–Trinajstić information content (AvgIpc) is 2.37. The van der Waals surface area contributed by atoms with Gasteiger partial charge in [0.1, 0.15) is 5.75 Å². The highest BCUT2D eigenvalue weighted by Gasteiger charge is 2.07. The summed E-state index contributed by atoms with van der Waals surface area (Å²) in [6.45, 7) is 6.68. The number of carbonyl (C=O) groups is 1. The number of amides is 1. The van der Waals surface area contributed by atoms with Crippen LogP contribution in [0.5, 0.6) is 5.75 Å². The van der Waals surface area contributed by atoms with E-state index in [4.69, 9.17) is 9.47 Å². The number of ether oxygens (including phenoxy) is 2. The Bertz CT molecular complexity index is 387. The summed E-state index contributed by atoms with van der Waals surface area (Å²) in [6, 6.07) is 7.81. The second kappa shape index (κ2) is 7.79. The van der Waals surface area contributed by atoms with E-state index in [-0.39, 0.29) is 18.6 Å². The number of carbonyl (C=O) groups excluding carboxylic acids is 1. The fourth-order valence-corrected chi connectivity index (χ4v) is 1.71. The van der Waals surface area contributed by atoms with Crippen LogP contribution in [0, 0.1) is 0 Å². The highest BCUT2D eigenvalue weighted by molar-refractivity contribution is 5.77. The van der Waals surface area contributed by atoms with Gasteiger partial charge in [0.05, 0.1) is 6.61 Å². The van der Waals surface area contributed by atoms with Gasteiger partial charge in [-0.25, -0.2) is 0 Å². The molecule has 1 aromatic carbocycles. The average molecular weight is 265 g/mol. The first-order chi connectivity index (χ1) is 9.02. The molecule has 0 fully saturated rings. The van der Waals surface area contributed by atoms with E-state index in [9.17, 15) is 4.79 Å². The first-order valence-electron chi connectivity index (χ1n) is 6.54. The minimum absolute atomic E-state index is 0.00980. The lowest BCUT2D eigenvalue weighted by Gasteiger charge is -2.13. The zero-order valence-electron chi connectivity index (χ0n) is 12.1. The van der Waals surface area contributed by atoms with Gasteiger partial charge in [-0.05, 0) is 30.5 Å². The van der Waals surface area contributed by atoms with E-state index in [1.807, 2.05) is 31.2 Å². The van der Waals surface area contributed by atoms with Crippen LogP contribution in [-0.2, 0) is 9.53 Å². The van der Waals surface area contributed by atoms with Crippen LogP contribution < -0.4 is 10.1 Å². The summed E-state index contributed by atoms with van der Waals surface area (Å²) >= 11 is 0. The summed E-state index contributed by atoms with van der Waals surface area (Å²) < 4.78 is 10.4. The number of rotatable bonds is 7. The van der Waals surface area contributed by atoms with E-state index in [0.29, 0.717) is 18.3 Å². The molecular formula is C15H23NO3. The molecule has 0 spiro atoms. The highest BCUT2D eigenvalue weighted by Crippen LogP contribution is 2.18. The van der Waals surface area contributed by atoms with E-state index in [1.54, 1.807) is 7.11 Å². The van der Waals surface area contributed by atoms with Crippen LogP contribution in [0.4, 0.5) is 0 Å². The van der Waals surface area contributed by atoms with E-state index >= 15 is 0 Å². The van der Waals surface area contributed by atoms with Crippen LogP contribution in [0.15, 0.2) is 24.3 Å². The number of benzene rings is 1. The van der Waals surface area contributed by atoms with Crippen LogP contribution in [0.25, 0.3) is 0 Å². The molecule has 0 bridgehead atoms. The molecule has 0 heterocycles. The van der Waals surface area contributed by atoms with E-state index in [0.717, 1.165) is 0 Å². The Morgan fingerprint density at radius 3 is 2.37 bits per heavy atom. The molecule has 0 aliphatic carbocycles. The van der Waals surface area contributed by atoms with Gasteiger partial charge in [0.25, 0.3) is 5.91 Å². The lowest BCUT2D eigenvalue weighted by atomic mass is 10.0. The summed E-state index contributed by atoms with van der Waals surface area (Å²) in [5, 5.41) is 2.79. The third kappa shape index (κ3) is 5.75. The van der Waals surface area contributed by atoms with Crippen LogP contribution in [0.2, 0.25) is 0 Å². The SMILES string of the molecule is COCC(C)NC(=O)COc1ccc(C(C)C)cc1. The van der Waals surface area contributed by atoms with Crippen LogP contribution in [0.1, 0.15) is 32.3 Å². The van der Waals surface area contributed by atoms with Gasteiger partial charge in [-0.1, -0.05) is 26.0 Å². The van der Waals surface area contributed by atoms with Crippen LogP contribution in [0.3, 0.4) is 0 Å². The third-order valence-electron chi connectivity index (χ3n) is 2.74. The molecule has 19 heavy (non-hydrogen) atoms. The quantitative estimate of drug-likeness (QED) is 0.823. The monoisotopic (exact) mass is 265 g/mol. The maximum Gasteiger partial charge on any atom is 0.258 e. The third-order valence-corrected chi connectivity index (χ3v) is 2.74. The zero-order valence-corrected chi connectivity index (χ0v) is 12.1. The van der Waals surface area contributed by atoms with E-state index < -0.39 is 0 Å². The Morgan fingerprint density at radius 1 is 1.21 bits per heavy atom. The molecule has 1 unspecified atom stereocenters. The first kappa shape index (κ1) is 15.5. The number of nitrogens with one attached hydrogen (secondary N) is 1. The van der Waals surface area contributed by atoms with Crippen LogP contribution >= 0.6 is 0 Å². The van der Waals surface area contributed by atoms with Gasteiger partial charge in [0.2, 0.25) is 0 Å². The van der Waals surface area contributed by atoms with Crippen molar-refractivity contribution < 1.29 is 14.3 Å². The fraction of sp³-hybridized carbons (Fsp3) is 0.533. The largest absolute Gasteiger partial charge is 0.484 e. The smallest absolute Gasteiger partial charge is 0.258 e. The minimum Gasteiger partial charge on any atom is -0.484 e. The van der Waals surface area contributed by atoms with Crippen molar-refractivity contribution >= 4 is 5.91 Å². The predicted octanol–water partition coefficient (Wildman–Crippen LogP) is 2.34. The topological polar surface area (TPSA) is 47.6 Å². The minimum atomic E-state index is -0.141. The standard InChI is InChI=1S/C15H23NO3/c1-11(2)13-5-7-14(8-6-13)19-10-15(17)16-12(3)9-18-4/h5-8,11-12H,9-10H2,1-4H3,(H,16,17). The van der Waals surface area contributed by atoms with Gasteiger partial charge in [-0.2, -0.15) is 0 Å². The van der Waals surface area contributed by atoms with Crippen LogP contribution in [-0.4, -0.2) is 32.3 Å². The van der Waals surface area contributed by atoms with Gasteiger partial charge in [0, 0.05) is 13.2 Å². The van der Waals surface area contributed by atoms with Crippen molar-refractivity contribution in [1.82, 2.24) is 5.32 Å². The van der Waals surface area contributed by atoms with Crippen molar-refractivity contribution in [2.24, 2.45) is 0 Å². The molecule has 1 atom stereocenters. The Kier molecular flexibility index (Phi) is 6.36. The Morgan fingerprint density at radius 2 is 1.84 bits per heavy atom. The van der Waals surface area contributed by atoms with Gasteiger partial charge >= 0.3 is 0 Å². The summed E-state index contributed by atoms with van der Waals surface area (Å²) in [5.74, 6) is 1.06. The molecule has 1 amide bonds. The lowest BCUT2D eigenvalue weighted by Crippen LogP contribution is -2.38. The van der Waals surface area contributed by atoms with E-state index in [1.165, 1.54) is 5.56 Å². The summed E-state index contributed by atoms with van der Waals surface area (Å²) in [5.41, 5.74) is 1.26. The fourth-order valence-electron chi connectivity index (χ4n) is 1.71. The maximum absolute atomic E-state index is 11.6. The van der Waals surface area contributed by atoms with Gasteiger partial charge < -0.3 is 14.8 Å². The molecule has 1 rings (SSSR count). The second-order valence-electron chi connectivity index (χ2n) is 4.94. The molecule has 1 aromatic rings. The van der Waals surface area contributed by atoms with Crippen molar-refractivity contribution in [2.45, 2.75) is 32.7 Å².